The first-order chi connectivity index (χ1) is 11.1. The predicted octanol–water partition coefficient (Wildman–Crippen LogP) is 2.21. The first kappa shape index (κ1) is 17.0. The van der Waals surface area contributed by atoms with Gasteiger partial charge < -0.3 is 16.0 Å². The topological polar surface area (TPSA) is 88.0 Å². The third-order valence-corrected chi connectivity index (χ3v) is 4.19. The highest BCUT2D eigenvalue weighted by atomic mass is 32.1. The summed E-state index contributed by atoms with van der Waals surface area (Å²) in [5.74, 6) is -0.117. The molecule has 3 amide bonds. The lowest BCUT2D eigenvalue weighted by molar-refractivity contribution is 0.0960. The number of hydrogen-bond acceptors (Lipinski definition) is 4. The number of aryl methyl sites for hydroxylation is 2. The molecule has 0 bridgehead atoms. The second-order valence-electron chi connectivity index (χ2n) is 4.94. The fourth-order valence-electron chi connectivity index (χ4n) is 2.01. The lowest BCUT2D eigenvalue weighted by atomic mass is 10.3. The van der Waals surface area contributed by atoms with Crippen LogP contribution in [0.15, 0.2) is 24.5 Å². The monoisotopic (exact) mass is 335 g/mol. The summed E-state index contributed by atoms with van der Waals surface area (Å²) in [6.07, 6.45) is 4.41. The molecule has 0 aliphatic heterocycles. The largest absolute Gasteiger partial charge is 0.352 e. The molecule has 2 aromatic rings. The standard InChI is InChI=1S/C15H21N5O2S/c1-3-16-14(21)13-10-12(11(2)23-13)19-15(22)17-6-4-8-20-9-5-7-18-20/h5,7,9-10H,3-4,6,8H2,1-2H3,(H,16,21)(H2,17,19,22). The smallest absolute Gasteiger partial charge is 0.319 e. The van der Waals surface area contributed by atoms with Gasteiger partial charge in [0.15, 0.2) is 0 Å². The highest BCUT2D eigenvalue weighted by Crippen LogP contribution is 2.26. The minimum Gasteiger partial charge on any atom is -0.352 e. The van der Waals surface area contributed by atoms with Gasteiger partial charge in [0.25, 0.3) is 5.91 Å². The van der Waals surface area contributed by atoms with Crippen LogP contribution < -0.4 is 16.0 Å². The SMILES string of the molecule is CCNC(=O)c1cc(NC(=O)NCCCn2cccn2)c(C)s1. The average molecular weight is 335 g/mol. The molecule has 0 aliphatic carbocycles. The number of amides is 3. The van der Waals surface area contributed by atoms with Crippen LogP contribution in [0.5, 0.6) is 0 Å². The molecule has 0 aromatic carbocycles. The number of urea groups is 1. The van der Waals surface area contributed by atoms with Crippen LogP contribution in [-0.4, -0.2) is 34.8 Å². The van der Waals surface area contributed by atoms with Gasteiger partial charge in [0.1, 0.15) is 0 Å². The summed E-state index contributed by atoms with van der Waals surface area (Å²) < 4.78 is 1.82. The molecule has 0 atom stereocenters. The van der Waals surface area contributed by atoms with Gasteiger partial charge in [-0.25, -0.2) is 4.79 Å². The zero-order valence-corrected chi connectivity index (χ0v) is 14.1. The summed E-state index contributed by atoms with van der Waals surface area (Å²) in [5.41, 5.74) is 0.667. The van der Waals surface area contributed by atoms with Gasteiger partial charge in [0, 0.05) is 36.9 Å². The zero-order chi connectivity index (χ0) is 16.7. The fraction of sp³-hybridized carbons (Fsp3) is 0.400. The summed E-state index contributed by atoms with van der Waals surface area (Å²) in [4.78, 5) is 25.2. The molecular weight excluding hydrogens is 314 g/mol. The van der Waals surface area contributed by atoms with Crippen molar-refractivity contribution in [1.29, 1.82) is 0 Å². The van der Waals surface area contributed by atoms with E-state index in [0.717, 1.165) is 17.8 Å². The van der Waals surface area contributed by atoms with E-state index in [1.54, 1.807) is 12.3 Å². The molecule has 0 saturated heterocycles. The normalized spacial score (nSPS) is 10.3. The van der Waals surface area contributed by atoms with Crippen molar-refractivity contribution in [3.05, 3.63) is 34.3 Å². The number of rotatable bonds is 7. The molecule has 3 N–H and O–H groups in total. The number of aromatic nitrogens is 2. The van der Waals surface area contributed by atoms with Crippen LogP contribution in [0.3, 0.4) is 0 Å². The van der Waals surface area contributed by atoms with Gasteiger partial charge in [0.2, 0.25) is 0 Å². The molecule has 8 heteroatoms. The Labute approximate surface area is 139 Å². The van der Waals surface area contributed by atoms with E-state index in [1.165, 1.54) is 11.3 Å². The molecule has 7 nitrogen and oxygen atoms in total. The molecular formula is C15H21N5O2S. The Bertz CT molecular complexity index is 651. The Hall–Kier alpha value is -2.35. The predicted molar refractivity (Wildman–Crippen MR) is 90.9 cm³/mol. The lowest BCUT2D eigenvalue weighted by Gasteiger charge is -2.07. The number of carbonyl (C=O) groups is 2. The third-order valence-electron chi connectivity index (χ3n) is 3.14. The molecule has 2 heterocycles. The molecule has 2 aromatic heterocycles. The number of thiophene rings is 1. The molecule has 0 aliphatic rings. The van der Waals surface area contributed by atoms with Crippen LogP contribution in [0, 0.1) is 6.92 Å². The molecule has 0 radical (unpaired) electrons. The lowest BCUT2D eigenvalue weighted by Crippen LogP contribution is -2.30. The first-order valence-electron chi connectivity index (χ1n) is 7.51. The van der Waals surface area contributed by atoms with E-state index >= 15 is 0 Å². The summed E-state index contributed by atoms with van der Waals surface area (Å²) in [6, 6.07) is 3.30. The minimum absolute atomic E-state index is 0.117. The summed E-state index contributed by atoms with van der Waals surface area (Å²) >= 11 is 1.36. The highest BCUT2D eigenvalue weighted by Gasteiger charge is 2.13. The van der Waals surface area contributed by atoms with Crippen molar-refractivity contribution >= 4 is 29.0 Å². The number of hydrogen-bond donors (Lipinski definition) is 3. The second kappa shape index (κ2) is 8.33. The fourth-order valence-corrected chi connectivity index (χ4v) is 2.90. The van der Waals surface area contributed by atoms with Crippen LogP contribution in [0.4, 0.5) is 10.5 Å². The molecule has 2 rings (SSSR count). The van der Waals surface area contributed by atoms with Crippen molar-refractivity contribution in [1.82, 2.24) is 20.4 Å². The van der Waals surface area contributed by atoms with E-state index in [0.29, 0.717) is 23.7 Å². The Morgan fingerprint density at radius 3 is 2.87 bits per heavy atom. The highest BCUT2D eigenvalue weighted by molar-refractivity contribution is 7.14. The zero-order valence-electron chi connectivity index (χ0n) is 13.3. The van der Waals surface area contributed by atoms with Crippen LogP contribution in [0.1, 0.15) is 27.9 Å². The van der Waals surface area contributed by atoms with Crippen molar-refractivity contribution in [3.8, 4) is 0 Å². The van der Waals surface area contributed by atoms with Crippen molar-refractivity contribution in [2.24, 2.45) is 0 Å². The molecule has 0 unspecified atom stereocenters. The number of carbonyl (C=O) groups excluding carboxylic acids is 2. The third kappa shape index (κ3) is 5.10. The van der Waals surface area contributed by atoms with Crippen LogP contribution >= 0.6 is 11.3 Å². The van der Waals surface area contributed by atoms with Crippen LogP contribution in [0.25, 0.3) is 0 Å². The van der Waals surface area contributed by atoms with Crippen LogP contribution in [-0.2, 0) is 6.54 Å². The van der Waals surface area contributed by atoms with E-state index in [9.17, 15) is 9.59 Å². The van der Waals surface area contributed by atoms with E-state index < -0.39 is 0 Å². The van der Waals surface area contributed by atoms with Gasteiger partial charge in [-0.3, -0.25) is 9.48 Å². The van der Waals surface area contributed by atoms with E-state index in [4.69, 9.17) is 0 Å². The molecule has 0 spiro atoms. The van der Waals surface area contributed by atoms with Gasteiger partial charge >= 0.3 is 6.03 Å². The average Bonchev–Trinajstić information content (AvgIpc) is 3.15. The van der Waals surface area contributed by atoms with E-state index in [1.807, 2.05) is 30.8 Å². The maximum atomic E-state index is 11.9. The first-order valence-corrected chi connectivity index (χ1v) is 8.32. The van der Waals surface area contributed by atoms with Gasteiger partial charge in [-0.05, 0) is 32.4 Å². The Kier molecular flexibility index (Phi) is 6.16. The maximum Gasteiger partial charge on any atom is 0.319 e. The summed E-state index contributed by atoms with van der Waals surface area (Å²) in [6.45, 7) is 5.63. The molecule has 124 valence electrons. The minimum atomic E-state index is -0.270. The molecule has 0 fully saturated rings. The Morgan fingerprint density at radius 1 is 1.35 bits per heavy atom. The number of anilines is 1. The van der Waals surface area contributed by atoms with Crippen molar-refractivity contribution < 1.29 is 9.59 Å². The van der Waals surface area contributed by atoms with Gasteiger partial charge in [-0.2, -0.15) is 5.10 Å². The van der Waals surface area contributed by atoms with Crippen molar-refractivity contribution in [2.45, 2.75) is 26.8 Å². The van der Waals surface area contributed by atoms with E-state index in [-0.39, 0.29) is 11.9 Å². The van der Waals surface area contributed by atoms with Gasteiger partial charge in [-0.15, -0.1) is 11.3 Å². The van der Waals surface area contributed by atoms with Crippen LogP contribution in [0.2, 0.25) is 0 Å². The Balaban J connectivity index is 1.77. The van der Waals surface area contributed by atoms with Crippen molar-refractivity contribution in [3.63, 3.8) is 0 Å². The Morgan fingerprint density at radius 2 is 2.17 bits per heavy atom. The number of nitrogens with one attached hydrogen (secondary N) is 3. The van der Waals surface area contributed by atoms with E-state index in [2.05, 4.69) is 21.0 Å². The van der Waals surface area contributed by atoms with Gasteiger partial charge in [0.05, 0.1) is 10.6 Å². The second-order valence-corrected chi connectivity index (χ2v) is 6.20. The number of nitrogens with zero attached hydrogens (tertiary/aromatic N) is 2. The summed E-state index contributed by atoms with van der Waals surface area (Å²) in [5, 5.41) is 12.4. The molecule has 23 heavy (non-hydrogen) atoms. The molecule has 0 saturated carbocycles. The van der Waals surface area contributed by atoms with Crippen molar-refractivity contribution in [2.75, 3.05) is 18.4 Å². The maximum absolute atomic E-state index is 11.9. The summed E-state index contributed by atoms with van der Waals surface area (Å²) in [7, 11) is 0. The van der Waals surface area contributed by atoms with Gasteiger partial charge in [-0.1, -0.05) is 0 Å². The quantitative estimate of drug-likeness (QED) is 0.678.